The first-order chi connectivity index (χ1) is 8.58. The molecule has 0 aromatic rings. The lowest BCUT2D eigenvalue weighted by Crippen LogP contribution is -2.61. The molecule has 3 N–H and O–H groups in total. The van der Waals surface area contributed by atoms with Gasteiger partial charge < -0.3 is 0 Å². The molecule has 3 nitrogen and oxygen atoms in total. The number of piperidine rings is 1. The molecule has 1 fully saturated rings. The van der Waals surface area contributed by atoms with Crippen molar-refractivity contribution in [2.45, 2.75) is 70.9 Å². The molecule has 1 saturated heterocycles. The number of rotatable bonds is 7. The fourth-order valence-electron chi connectivity index (χ4n) is 2.99. The Morgan fingerprint density at radius 1 is 1.33 bits per heavy atom. The minimum atomic E-state index is 0.146. The van der Waals surface area contributed by atoms with Gasteiger partial charge in [-0.15, -0.1) is 0 Å². The molecule has 1 aliphatic heterocycles. The average Bonchev–Trinajstić information content (AvgIpc) is 2.44. The quantitative estimate of drug-likeness (QED) is 0.416. The largest absolute Gasteiger partial charge is 0.296 e. The summed E-state index contributed by atoms with van der Waals surface area (Å²) in [4.78, 5) is 2.63. The highest BCUT2D eigenvalue weighted by Crippen LogP contribution is 2.30. The lowest BCUT2D eigenvalue weighted by molar-refractivity contribution is 0.0428. The van der Waals surface area contributed by atoms with Crippen LogP contribution in [0.5, 0.6) is 0 Å². The van der Waals surface area contributed by atoms with Crippen molar-refractivity contribution < 1.29 is 0 Å². The Balaban J connectivity index is 2.77. The summed E-state index contributed by atoms with van der Waals surface area (Å²) in [5.41, 5.74) is 4.49. The molecule has 0 amide bonds. The maximum Gasteiger partial charge on any atom is 0.0428 e. The van der Waals surface area contributed by atoms with E-state index in [9.17, 15) is 0 Å². The standard InChI is InChI=1S/C15H31N3/c1-5-13(3)12-14(17-16)15(4,6-2)18-10-8-7-9-11-18/h14,17H,3,5-12,16H2,1-2,4H3. The summed E-state index contributed by atoms with van der Waals surface area (Å²) in [6.45, 7) is 13.3. The molecule has 106 valence electrons. The van der Waals surface area contributed by atoms with Gasteiger partial charge >= 0.3 is 0 Å². The molecule has 0 aliphatic carbocycles. The van der Waals surface area contributed by atoms with Crippen LogP contribution in [0.2, 0.25) is 0 Å². The van der Waals surface area contributed by atoms with Crippen LogP contribution in [0.15, 0.2) is 12.2 Å². The molecule has 0 aromatic heterocycles. The van der Waals surface area contributed by atoms with E-state index in [0.717, 1.165) is 19.3 Å². The summed E-state index contributed by atoms with van der Waals surface area (Å²) < 4.78 is 0. The van der Waals surface area contributed by atoms with Crippen LogP contribution in [0.4, 0.5) is 0 Å². The highest BCUT2D eigenvalue weighted by Gasteiger charge is 2.38. The number of likely N-dealkylation sites (tertiary alicyclic amines) is 1. The summed E-state index contributed by atoms with van der Waals surface area (Å²) in [6.07, 6.45) is 7.16. The fourth-order valence-corrected chi connectivity index (χ4v) is 2.99. The van der Waals surface area contributed by atoms with E-state index in [-0.39, 0.29) is 5.54 Å². The second-order valence-electron chi connectivity index (χ2n) is 5.79. The predicted octanol–water partition coefficient (Wildman–Crippen LogP) is 2.83. The first-order valence-electron chi connectivity index (χ1n) is 7.46. The van der Waals surface area contributed by atoms with Gasteiger partial charge in [-0.25, -0.2) is 0 Å². The number of hydrogen-bond acceptors (Lipinski definition) is 3. The van der Waals surface area contributed by atoms with E-state index >= 15 is 0 Å². The highest BCUT2D eigenvalue weighted by molar-refractivity contribution is 5.05. The molecule has 0 aromatic carbocycles. The van der Waals surface area contributed by atoms with Crippen LogP contribution in [0.3, 0.4) is 0 Å². The Bertz CT molecular complexity index is 258. The van der Waals surface area contributed by atoms with Gasteiger partial charge in [-0.2, -0.15) is 0 Å². The van der Waals surface area contributed by atoms with E-state index in [4.69, 9.17) is 5.84 Å². The Morgan fingerprint density at radius 2 is 1.94 bits per heavy atom. The zero-order valence-corrected chi connectivity index (χ0v) is 12.5. The molecule has 3 heteroatoms. The van der Waals surface area contributed by atoms with Gasteiger partial charge in [0.15, 0.2) is 0 Å². The van der Waals surface area contributed by atoms with Gasteiger partial charge in [0, 0.05) is 11.6 Å². The molecule has 1 rings (SSSR count). The lowest BCUT2D eigenvalue weighted by atomic mass is 9.82. The van der Waals surface area contributed by atoms with Crippen molar-refractivity contribution in [1.82, 2.24) is 10.3 Å². The van der Waals surface area contributed by atoms with Crippen molar-refractivity contribution in [2.75, 3.05) is 13.1 Å². The van der Waals surface area contributed by atoms with Crippen molar-refractivity contribution in [3.05, 3.63) is 12.2 Å². The van der Waals surface area contributed by atoms with Crippen molar-refractivity contribution in [1.29, 1.82) is 0 Å². The summed E-state index contributed by atoms with van der Waals surface area (Å²) >= 11 is 0. The smallest absolute Gasteiger partial charge is 0.0428 e. The van der Waals surface area contributed by atoms with Crippen LogP contribution in [0, 0.1) is 0 Å². The third-order valence-corrected chi connectivity index (χ3v) is 4.74. The fraction of sp³-hybridized carbons (Fsp3) is 0.867. The molecule has 1 aliphatic rings. The van der Waals surface area contributed by atoms with Gasteiger partial charge in [0.05, 0.1) is 0 Å². The SMILES string of the molecule is C=C(CC)CC(NN)C(C)(CC)N1CCCCC1. The first-order valence-corrected chi connectivity index (χ1v) is 7.46. The summed E-state index contributed by atoms with van der Waals surface area (Å²) in [5, 5.41) is 0. The van der Waals surface area contributed by atoms with E-state index in [0.29, 0.717) is 6.04 Å². The topological polar surface area (TPSA) is 41.3 Å². The number of hydrogen-bond donors (Lipinski definition) is 2. The maximum absolute atomic E-state index is 5.83. The van der Waals surface area contributed by atoms with Crippen LogP contribution in [0.1, 0.15) is 59.3 Å². The second kappa shape index (κ2) is 7.27. The molecule has 2 atom stereocenters. The van der Waals surface area contributed by atoms with Crippen LogP contribution in [0.25, 0.3) is 0 Å². The van der Waals surface area contributed by atoms with Gasteiger partial charge in [-0.05, 0) is 52.1 Å². The Morgan fingerprint density at radius 3 is 2.39 bits per heavy atom. The first kappa shape index (κ1) is 15.7. The normalized spacial score (nSPS) is 22.4. The van der Waals surface area contributed by atoms with E-state index in [2.05, 4.69) is 37.7 Å². The Labute approximate surface area is 113 Å². The van der Waals surface area contributed by atoms with Crippen LogP contribution >= 0.6 is 0 Å². The van der Waals surface area contributed by atoms with Gasteiger partial charge in [0.2, 0.25) is 0 Å². The highest BCUT2D eigenvalue weighted by atomic mass is 15.3. The predicted molar refractivity (Wildman–Crippen MR) is 79.3 cm³/mol. The van der Waals surface area contributed by atoms with E-state index in [1.165, 1.54) is 37.9 Å². The number of hydrazine groups is 1. The number of nitrogens with zero attached hydrogens (tertiary/aromatic N) is 1. The zero-order valence-electron chi connectivity index (χ0n) is 12.5. The average molecular weight is 253 g/mol. The lowest BCUT2D eigenvalue weighted by Gasteiger charge is -2.48. The van der Waals surface area contributed by atoms with Crippen molar-refractivity contribution in [3.63, 3.8) is 0 Å². The van der Waals surface area contributed by atoms with Gasteiger partial charge in [0.1, 0.15) is 0 Å². The van der Waals surface area contributed by atoms with Crippen molar-refractivity contribution in [2.24, 2.45) is 5.84 Å². The number of nitrogens with two attached hydrogens (primary N) is 1. The minimum Gasteiger partial charge on any atom is -0.296 e. The molecule has 0 spiro atoms. The second-order valence-corrected chi connectivity index (χ2v) is 5.79. The van der Waals surface area contributed by atoms with Crippen LogP contribution < -0.4 is 11.3 Å². The van der Waals surface area contributed by atoms with Crippen LogP contribution in [-0.4, -0.2) is 29.6 Å². The van der Waals surface area contributed by atoms with E-state index < -0.39 is 0 Å². The summed E-state index contributed by atoms with van der Waals surface area (Å²) in [7, 11) is 0. The van der Waals surface area contributed by atoms with E-state index in [1.807, 2.05) is 0 Å². The van der Waals surface area contributed by atoms with Gasteiger partial charge in [-0.1, -0.05) is 32.4 Å². The zero-order chi connectivity index (χ0) is 13.6. The maximum atomic E-state index is 5.83. The Hall–Kier alpha value is -0.380. The third-order valence-electron chi connectivity index (χ3n) is 4.74. The van der Waals surface area contributed by atoms with E-state index in [1.54, 1.807) is 0 Å². The molecule has 0 bridgehead atoms. The molecule has 1 heterocycles. The monoisotopic (exact) mass is 253 g/mol. The van der Waals surface area contributed by atoms with Crippen molar-refractivity contribution in [3.8, 4) is 0 Å². The van der Waals surface area contributed by atoms with Crippen LogP contribution in [-0.2, 0) is 0 Å². The summed E-state index contributed by atoms with van der Waals surface area (Å²) in [6, 6.07) is 0.299. The third kappa shape index (κ3) is 3.56. The minimum absolute atomic E-state index is 0.146. The molecular formula is C15H31N3. The summed E-state index contributed by atoms with van der Waals surface area (Å²) in [5.74, 6) is 5.83. The number of nitrogens with one attached hydrogen (secondary N) is 1. The van der Waals surface area contributed by atoms with Gasteiger partial charge in [-0.3, -0.25) is 16.2 Å². The molecule has 0 radical (unpaired) electrons. The Kier molecular flexibility index (Phi) is 6.33. The molecule has 2 unspecified atom stereocenters. The molecule has 0 saturated carbocycles. The van der Waals surface area contributed by atoms with Gasteiger partial charge in [0.25, 0.3) is 0 Å². The molecule has 18 heavy (non-hydrogen) atoms. The van der Waals surface area contributed by atoms with Crippen molar-refractivity contribution >= 4 is 0 Å². The molecular weight excluding hydrogens is 222 g/mol.